The number of carbonyl (C=O) groups excluding carboxylic acids is 2. The van der Waals surface area contributed by atoms with Crippen molar-refractivity contribution in [2.24, 2.45) is 0 Å². The van der Waals surface area contributed by atoms with E-state index in [1.165, 1.54) is 0 Å². The number of amides is 2. The molecule has 1 fully saturated rings. The van der Waals surface area contributed by atoms with E-state index in [1.807, 2.05) is 49.4 Å². The molecule has 0 aliphatic carbocycles. The second-order valence-electron chi connectivity index (χ2n) is 7.94. The Hall–Kier alpha value is -3.12. The Morgan fingerprint density at radius 3 is 2.31 bits per heavy atom. The minimum absolute atomic E-state index is 0.188. The molecule has 32 heavy (non-hydrogen) atoms. The van der Waals surface area contributed by atoms with Crippen LogP contribution in [0.25, 0.3) is 17.4 Å². The third-order valence-corrected chi connectivity index (χ3v) is 6.01. The van der Waals surface area contributed by atoms with Crippen LogP contribution >= 0.6 is 15.9 Å². The van der Waals surface area contributed by atoms with Gasteiger partial charge >= 0.3 is 0 Å². The summed E-state index contributed by atoms with van der Waals surface area (Å²) in [4.78, 5) is 27.9. The molecule has 1 aliphatic heterocycles. The number of likely N-dealkylation sites (tertiary alicyclic amines) is 1. The molecule has 0 saturated carbocycles. The van der Waals surface area contributed by atoms with Crippen molar-refractivity contribution in [2.45, 2.75) is 26.2 Å². The van der Waals surface area contributed by atoms with Crippen molar-refractivity contribution in [3.63, 3.8) is 0 Å². The van der Waals surface area contributed by atoms with Gasteiger partial charge in [0.1, 0.15) is 17.2 Å². The van der Waals surface area contributed by atoms with Crippen molar-refractivity contribution >= 4 is 33.8 Å². The molecular formula is C26H25BrN2O3. The van der Waals surface area contributed by atoms with E-state index in [0.29, 0.717) is 30.2 Å². The highest BCUT2D eigenvalue weighted by Gasteiger charge is 2.23. The van der Waals surface area contributed by atoms with Gasteiger partial charge in [-0.2, -0.15) is 0 Å². The standard InChI is InChI=1S/C26H25BrN2O3/c1-18-5-7-20(8-6-18)25(30)28-23(26(31)29-15-3-2-4-16-29)17-22-13-14-24(32-22)19-9-11-21(27)12-10-19/h5-14,17H,2-4,15-16H2,1H3,(H,28,30). The molecule has 2 heterocycles. The molecule has 0 bridgehead atoms. The number of hydrogen-bond donors (Lipinski definition) is 1. The Bertz CT molecular complexity index is 1120. The summed E-state index contributed by atoms with van der Waals surface area (Å²) in [6, 6.07) is 18.7. The van der Waals surface area contributed by atoms with E-state index in [9.17, 15) is 9.59 Å². The van der Waals surface area contributed by atoms with E-state index in [-0.39, 0.29) is 17.5 Å². The number of piperidine rings is 1. The van der Waals surface area contributed by atoms with E-state index < -0.39 is 0 Å². The van der Waals surface area contributed by atoms with Gasteiger partial charge in [-0.1, -0.05) is 45.8 Å². The van der Waals surface area contributed by atoms with Crippen molar-refractivity contribution in [3.8, 4) is 11.3 Å². The quantitative estimate of drug-likeness (QED) is 0.457. The number of furan rings is 1. The van der Waals surface area contributed by atoms with Crippen molar-refractivity contribution in [2.75, 3.05) is 13.1 Å². The molecule has 0 atom stereocenters. The Balaban J connectivity index is 1.61. The first-order valence-corrected chi connectivity index (χ1v) is 11.5. The van der Waals surface area contributed by atoms with E-state index in [1.54, 1.807) is 29.2 Å². The smallest absolute Gasteiger partial charge is 0.270 e. The molecular weight excluding hydrogens is 468 g/mol. The van der Waals surface area contributed by atoms with Crippen LogP contribution in [0.15, 0.2) is 75.3 Å². The minimum atomic E-state index is -0.318. The average molecular weight is 493 g/mol. The lowest BCUT2D eigenvalue weighted by molar-refractivity contribution is -0.128. The Kier molecular flexibility index (Phi) is 6.90. The summed E-state index contributed by atoms with van der Waals surface area (Å²) in [5.74, 6) is 0.693. The average Bonchev–Trinajstić information content (AvgIpc) is 3.28. The van der Waals surface area contributed by atoms with Gasteiger partial charge in [0.05, 0.1) is 0 Å². The summed E-state index contributed by atoms with van der Waals surface area (Å²) in [5.41, 5.74) is 2.72. The third kappa shape index (κ3) is 5.37. The number of rotatable bonds is 5. The number of halogens is 1. The fourth-order valence-corrected chi connectivity index (χ4v) is 3.92. The Morgan fingerprint density at radius 1 is 0.938 bits per heavy atom. The minimum Gasteiger partial charge on any atom is -0.457 e. The Morgan fingerprint density at radius 2 is 1.62 bits per heavy atom. The normalized spacial score (nSPS) is 14.3. The predicted octanol–water partition coefficient (Wildman–Crippen LogP) is 5.80. The molecule has 164 valence electrons. The van der Waals surface area contributed by atoms with Gasteiger partial charge in [0.2, 0.25) is 0 Å². The van der Waals surface area contributed by atoms with Crippen LogP contribution in [0.4, 0.5) is 0 Å². The first-order valence-electron chi connectivity index (χ1n) is 10.7. The highest BCUT2D eigenvalue weighted by Crippen LogP contribution is 2.25. The molecule has 0 radical (unpaired) electrons. The number of hydrogen-bond acceptors (Lipinski definition) is 3. The maximum Gasteiger partial charge on any atom is 0.270 e. The van der Waals surface area contributed by atoms with Crippen LogP contribution in [-0.2, 0) is 4.79 Å². The lowest BCUT2D eigenvalue weighted by Gasteiger charge is -2.27. The van der Waals surface area contributed by atoms with Crippen LogP contribution in [0.2, 0.25) is 0 Å². The fourth-order valence-electron chi connectivity index (χ4n) is 3.66. The zero-order valence-corrected chi connectivity index (χ0v) is 19.5. The monoisotopic (exact) mass is 492 g/mol. The fraction of sp³-hybridized carbons (Fsp3) is 0.231. The molecule has 0 spiro atoms. The highest BCUT2D eigenvalue weighted by molar-refractivity contribution is 9.10. The van der Waals surface area contributed by atoms with Crippen LogP contribution in [0.3, 0.4) is 0 Å². The summed E-state index contributed by atoms with van der Waals surface area (Å²) in [5, 5.41) is 2.82. The second kappa shape index (κ2) is 10.0. The van der Waals surface area contributed by atoms with Gasteiger partial charge in [0.25, 0.3) is 11.8 Å². The van der Waals surface area contributed by atoms with E-state index in [2.05, 4.69) is 21.2 Å². The van der Waals surface area contributed by atoms with Crippen molar-refractivity contribution < 1.29 is 14.0 Å². The van der Waals surface area contributed by atoms with Gasteiger partial charge in [-0.3, -0.25) is 9.59 Å². The molecule has 4 rings (SSSR count). The van der Waals surface area contributed by atoms with Crippen LogP contribution in [0.1, 0.15) is 40.9 Å². The lowest BCUT2D eigenvalue weighted by atomic mass is 10.1. The zero-order chi connectivity index (χ0) is 22.5. The van der Waals surface area contributed by atoms with Crippen molar-refractivity contribution in [3.05, 3.63) is 87.7 Å². The molecule has 2 amide bonds. The first kappa shape index (κ1) is 22.1. The first-order chi connectivity index (χ1) is 15.5. The maximum atomic E-state index is 13.2. The van der Waals surface area contributed by atoms with E-state index >= 15 is 0 Å². The van der Waals surface area contributed by atoms with E-state index in [4.69, 9.17) is 4.42 Å². The number of nitrogens with zero attached hydrogens (tertiary/aromatic N) is 1. The molecule has 1 aromatic heterocycles. The van der Waals surface area contributed by atoms with Gasteiger partial charge in [0, 0.05) is 34.8 Å². The lowest BCUT2D eigenvalue weighted by Crippen LogP contribution is -2.41. The van der Waals surface area contributed by atoms with Crippen molar-refractivity contribution in [1.82, 2.24) is 10.2 Å². The summed E-state index contributed by atoms with van der Waals surface area (Å²) in [6.45, 7) is 3.35. The highest BCUT2D eigenvalue weighted by atomic mass is 79.9. The van der Waals surface area contributed by atoms with Gasteiger partial charge < -0.3 is 14.6 Å². The summed E-state index contributed by atoms with van der Waals surface area (Å²) >= 11 is 3.43. The van der Waals surface area contributed by atoms with Gasteiger partial charge in [-0.25, -0.2) is 0 Å². The number of carbonyl (C=O) groups is 2. The topological polar surface area (TPSA) is 62.6 Å². The summed E-state index contributed by atoms with van der Waals surface area (Å²) < 4.78 is 6.95. The SMILES string of the molecule is Cc1ccc(C(=O)NC(=Cc2ccc(-c3ccc(Br)cc3)o2)C(=O)N2CCCCC2)cc1. The second-order valence-corrected chi connectivity index (χ2v) is 8.86. The molecule has 1 N–H and O–H groups in total. The summed E-state index contributed by atoms with van der Waals surface area (Å²) in [6.07, 6.45) is 4.68. The Labute approximate surface area is 196 Å². The molecule has 3 aromatic rings. The number of benzene rings is 2. The number of nitrogens with one attached hydrogen (secondary N) is 1. The zero-order valence-electron chi connectivity index (χ0n) is 17.9. The molecule has 1 aliphatic rings. The molecule has 1 saturated heterocycles. The van der Waals surface area contributed by atoms with Crippen molar-refractivity contribution in [1.29, 1.82) is 0 Å². The molecule has 0 unspecified atom stereocenters. The van der Waals surface area contributed by atoms with Gasteiger partial charge in [0.15, 0.2) is 0 Å². The summed E-state index contributed by atoms with van der Waals surface area (Å²) in [7, 11) is 0. The van der Waals surface area contributed by atoms with E-state index in [0.717, 1.165) is 34.9 Å². The largest absolute Gasteiger partial charge is 0.457 e. The van der Waals surface area contributed by atoms with Crippen LogP contribution in [0, 0.1) is 6.92 Å². The molecule has 2 aromatic carbocycles. The third-order valence-electron chi connectivity index (χ3n) is 5.48. The van der Waals surface area contributed by atoms with Gasteiger partial charge in [-0.05, 0) is 62.6 Å². The maximum absolute atomic E-state index is 13.2. The van der Waals surface area contributed by atoms with Crippen LogP contribution in [0.5, 0.6) is 0 Å². The van der Waals surface area contributed by atoms with Crippen LogP contribution in [-0.4, -0.2) is 29.8 Å². The molecule has 6 heteroatoms. The number of aryl methyl sites for hydroxylation is 1. The predicted molar refractivity (Wildman–Crippen MR) is 129 cm³/mol. The van der Waals surface area contributed by atoms with Crippen LogP contribution < -0.4 is 5.32 Å². The van der Waals surface area contributed by atoms with Gasteiger partial charge in [-0.15, -0.1) is 0 Å². The molecule has 5 nitrogen and oxygen atoms in total.